The summed E-state index contributed by atoms with van der Waals surface area (Å²) in [6.45, 7) is -0.127. The van der Waals surface area contributed by atoms with E-state index in [4.69, 9.17) is 21.4 Å². The van der Waals surface area contributed by atoms with Crippen LogP contribution in [0.15, 0.2) is 33.9 Å². The van der Waals surface area contributed by atoms with Gasteiger partial charge in [0.05, 0.1) is 31.5 Å². The maximum absolute atomic E-state index is 12.6. The molecule has 0 aromatic heterocycles. The molecule has 0 unspecified atom stereocenters. The quantitative estimate of drug-likeness (QED) is 0.361. The number of aliphatic hydroxyl groups is 1. The highest BCUT2D eigenvalue weighted by Gasteiger charge is 2.34. The topological polar surface area (TPSA) is 95.9 Å². The number of Topliss-reactive ketones (excluding diaryl/α,β-unsaturated/α-hetero) is 1. The third kappa shape index (κ3) is 4.44. The highest BCUT2D eigenvalue weighted by Crippen LogP contribution is 2.28. The van der Waals surface area contributed by atoms with Crippen LogP contribution in [-0.4, -0.2) is 60.4 Å². The number of aliphatic hydroxyl groups excluding tert-OH is 1. The Labute approximate surface area is 164 Å². The van der Waals surface area contributed by atoms with Gasteiger partial charge in [-0.05, 0) is 18.2 Å². The fourth-order valence-corrected chi connectivity index (χ4v) is 3.10. The number of hydrogen-bond donors (Lipinski definition) is 2. The van der Waals surface area contributed by atoms with Gasteiger partial charge in [-0.15, -0.1) is 11.6 Å². The third-order valence-corrected chi connectivity index (χ3v) is 4.50. The molecule has 1 amide bonds. The molecule has 7 nitrogen and oxygen atoms in total. The molecule has 0 spiro atoms. The number of hydrogen-bond acceptors (Lipinski definition) is 6. The third-order valence-electron chi connectivity index (χ3n) is 3.82. The number of anilines is 1. The van der Waals surface area contributed by atoms with Gasteiger partial charge in [-0.1, -0.05) is 15.9 Å². The molecule has 0 radical (unpaired) electrons. The van der Waals surface area contributed by atoms with Crippen molar-refractivity contribution < 1.29 is 24.2 Å². The van der Waals surface area contributed by atoms with Crippen molar-refractivity contribution in [1.82, 2.24) is 4.90 Å². The van der Waals surface area contributed by atoms with Crippen LogP contribution >= 0.6 is 27.5 Å². The second-order valence-electron chi connectivity index (χ2n) is 5.47. The summed E-state index contributed by atoms with van der Waals surface area (Å²) in [5.74, 6) is -1.11. The van der Waals surface area contributed by atoms with E-state index in [2.05, 4.69) is 21.2 Å². The minimum Gasteiger partial charge on any atom is -0.466 e. The van der Waals surface area contributed by atoms with Crippen molar-refractivity contribution in [2.75, 3.05) is 38.0 Å². The maximum Gasteiger partial charge on any atom is 0.337 e. The molecule has 1 heterocycles. The monoisotopic (exact) mass is 444 g/mol. The van der Waals surface area contributed by atoms with E-state index in [1.54, 1.807) is 18.2 Å². The Kier molecular flexibility index (Phi) is 7.19. The van der Waals surface area contributed by atoms with Crippen molar-refractivity contribution in [2.24, 2.45) is 0 Å². The zero-order valence-electron chi connectivity index (χ0n) is 14.1. The van der Waals surface area contributed by atoms with Crippen LogP contribution in [0.2, 0.25) is 0 Å². The zero-order valence-corrected chi connectivity index (χ0v) is 16.4. The number of carbonyl (C=O) groups excluding carboxylic acids is 3. The number of nitrogens with zero attached hydrogens (tertiary/aromatic N) is 1. The molecule has 0 atom stereocenters. The summed E-state index contributed by atoms with van der Waals surface area (Å²) >= 11 is 8.99. The van der Waals surface area contributed by atoms with E-state index < -0.39 is 11.9 Å². The molecular weight excluding hydrogens is 428 g/mol. The van der Waals surface area contributed by atoms with Gasteiger partial charge in [0.1, 0.15) is 5.70 Å². The van der Waals surface area contributed by atoms with Gasteiger partial charge >= 0.3 is 5.97 Å². The van der Waals surface area contributed by atoms with Crippen LogP contribution in [0, 0.1) is 0 Å². The summed E-state index contributed by atoms with van der Waals surface area (Å²) in [6, 6.07) is 4.96. The van der Waals surface area contributed by atoms with E-state index >= 15 is 0 Å². The van der Waals surface area contributed by atoms with Gasteiger partial charge in [0.15, 0.2) is 5.78 Å². The minimum absolute atomic E-state index is 0.0212. The maximum atomic E-state index is 12.6. The molecular formula is C17H18BrClN2O5. The van der Waals surface area contributed by atoms with Gasteiger partial charge in [0, 0.05) is 28.9 Å². The van der Waals surface area contributed by atoms with Crippen LogP contribution in [0.5, 0.6) is 0 Å². The summed E-state index contributed by atoms with van der Waals surface area (Å²) < 4.78 is 5.44. The van der Waals surface area contributed by atoms with Crippen molar-refractivity contribution >= 4 is 50.9 Å². The van der Waals surface area contributed by atoms with Crippen LogP contribution in [0.25, 0.3) is 0 Å². The Balaban J connectivity index is 2.43. The van der Waals surface area contributed by atoms with Crippen molar-refractivity contribution in [3.05, 3.63) is 39.5 Å². The Hall–Kier alpha value is -1.90. The van der Waals surface area contributed by atoms with E-state index in [0.29, 0.717) is 15.7 Å². The largest absolute Gasteiger partial charge is 0.466 e. The average Bonchev–Trinajstić information content (AvgIpc) is 2.91. The van der Waals surface area contributed by atoms with Crippen molar-refractivity contribution in [1.29, 1.82) is 0 Å². The lowest BCUT2D eigenvalue weighted by atomic mass is 10.1. The second kappa shape index (κ2) is 9.16. The molecule has 2 rings (SSSR count). The first-order valence-electron chi connectivity index (χ1n) is 7.80. The lowest BCUT2D eigenvalue weighted by Crippen LogP contribution is -2.31. The Morgan fingerprint density at radius 1 is 1.42 bits per heavy atom. The molecule has 1 aliphatic rings. The average molecular weight is 446 g/mol. The number of methoxy groups -OCH3 is 1. The predicted molar refractivity (Wildman–Crippen MR) is 100 cm³/mol. The summed E-state index contributed by atoms with van der Waals surface area (Å²) in [6.07, 6.45) is 0.144. The number of amides is 1. The van der Waals surface area contributed by atoms with Gasteiger partial charge in [0.25, 0.3) is 5.91 Å². The van der Waals surface area contributed by atoms with Crippen LogP contribution in [0.1, 0.15) is 16.8 Å². The summed E-state index contributed by atoms with van der Waals surface area (Å²) in [4.78, 5) is 38.3. The summed E-state index contributed by atoms with van der Waals surface area (Å²) in [7, 11) is 1.22. The smallest absolute Gasteiger partial charge is 0.337 e. The molecule has 2 N–H and O–H groups in total. The van der Waals surface area contributed by atoms with Crippen LogP contribution in [-0.2, 0) is 14.3 Å². The number of rotatable bonds is 8. The molecule has 9 heteroatoms. The van der Waals surface area contributed by atoms with E-state index in [1.165, 1.54) is 12.0 Å². The lowest BCUT2D eigenvalue weighted by molar-refractivity contribution is -0.136. The molecule has 0 saturated carbocycles. The summed E-state index contributed by atoms with van der Waals surface area (Å²) in [5, 5.41) is 12.0. The normalized spacial score (nSPS) is 14.0. The molecule has 26 heavy (non-hydrogen) atoms. The zero-order chi connectivity index (χ0) is 19.3. The Morgan fingerprint density at radius 2 is 2.15 bits per heavy atom. The minimum atomic E-state index is -0.648. The fourth-order valence-electron chi connectivity index (χ4n) is 2.57. The first-order chi connectivity index (χ1) is 12.4. The number of β-amino-alcohol motifs (C(OH)–C–C–N with tert-alkyl or cyclic N) is 1. The predicted octanol–water partition coefficient (Wildman–Crippen LogP) is 1.93. The van der Waals surface area contributed by atoms with E-state index in [9.17, 15) is 14.4 Å². The van der Waals surface area contributed by atoms with Crippen LogP contribution < -0.4 is 5.32 Å². The Bertz CT molecular complexity index is 766. The Morgan fingerprint density at radius 3 is 2.77 bits per heavy atom. The van der Waals surface area contributed by atoms with E-state index in [1.807, 2.05) is 0 Å². The molecule has 140 valence electrons. The van der Waals surface area contributed by atoms with Crippen molar-refractivity contribution in [3.63, 3.8) is 0 Å². The summed E-state index contributed by atoms with van der Waals surface area (Å²) in [5.41, 5.74) is 0.911. The lowest BCUT2D eigenvalue weighted by Gasteiger charge is -2.16. The molecule has 0 fully saturated rings. The van der Waals surface area contributed by atoms with E-state index in [-0.39, 0.29) is 49.1 Å². The number of benzene rings is 1. The highest BCUT2D eigenvalue weighted by atomic mass is 79.9. The molecule has 1 aliphatic heterocycles. The molecule has 1 aromatic carbocycles. The van der Waals surface area contributed by atoms with Crippen LogP contribution in [0.3, 0.4) is 0 Å². The number of esters is 1. The van der Waals surface area contributed by atoms with Crippen molar-refractivity contribution in [2.45, 2.75) is 6.42 Å². The number of ketones is 1. The second-order valence-corrected chi connectivity index (χ2v) is 6.77. The van der Waals surface area contributed by atoms with Crippen molar-refractivity contribution in [3.8, 4) is 0 Å². The fraction of sp³-hybridized carbons (Fsp3) is 0.353. The first-order valence-corrected chi connectivity index (χ1v) is 9.13. The van der Waals surface area contributed by atoms with E-state index in [0.717, 1.165) is 0 Å². The standard InChI is InChI=1S/C17H18BrClN2O5/c1-26-17(25)12-9-21(6-7-22)16(24)15(12)20-13-8-10(18)2-3-11(13)14(23)4-5-19/h2-3,8,20,22H,4-7,9H2,1H3. The first kappa shape index (κ1) is 20.4. The SMILES string of the molecule is COC(=O)C1=C(Nc2cc(Br)ccc2C(=O)CCCl)C(=O)N(CCO)C1. The number of carbonyl (C=O) groups is 3. The molecule has 0 aliphatic carbocycles. The molecule has 0 bridgehead atoms. The number of ether oxygens (including phenoxy) is 1. The number of halogens is 2. The van der Waals surface area contributed by atoms with Gasteiger partial charge in [-0.25, -0.2) is 4.79 Å². The number of nitrogens with one attached hydrogen (secondary N) is 1. The molecule has 1 aromatic rings. The molecule has 0 saturated heterocycles. The number of alkyl halides is 1. The van der Waals surface area contributed by atoms with Gasteiger partial charge in [-0.2, -0.15) is 0 Å². The van der Waals surface area contributed by atoms with Gasteiger partial charge in [0.2, 0.25) is 0 Å². The highest BCUT2D eigenvalue weighted by molar-refractivity contribution is 9.10. The van der Waals surface area contributed by atoms with Gasteiger partial charge < -0.3 is 20.1 Å². The van der Waals surface area contributed by atoms with Gasteiger partial charge in [-0.3, -0.25) is 9.59 Å². The van der Waals surface area contributed by atoms with Crippen LogP contribution in [0.4, 0.5) is 5.69 Å².